The monoisotopic (exact) mass is 740 g/mol. The molecule has 5 heteroatoms. The van der Waals surface area contributed by atoms with Gasteiger partial charge in [0.1, 0.15) is 5.58 Å². The maximum absolute atomic E-state index is 5.97. The SMILES string of the molecule is CC(C)c1cccc(C(C)C)c1-n1ccnc1-c1[c-]cccc1.[Ir+3].[c-]1ccc2c(oc3ccccc32)c1-[n+]1[c-]cccc1. The van der Waals surface area contributed by atoms with E-state index in [1.54, 1.807) is 0 Å². The van der Waals surface area contributed by atoms with Crippen LogP contribution in [0.1, 0.15) is 50.7 Å². The molecule has 3 aromatic heterocycles. The second kappa shape index (κ2) is 13.3. The molecule has 0 amide bonds. The fraction of sp³-hybridized carbons (Fsp3) is 0.158. The van der Waals surface area contributed by atoms with Gasteiger partial charge in [0.2, 0.25) is 0 Å². The first-order chi connectivity index (χ1) is 20.5. The normalized spacial score (nSPS) is 11.0. The number of para-hydroxylation sites is 2. The Kier molecular flexibility index (Phi) is 9.35. The maximum atomic E-state index is 5.97. The van der Waals surface area contributed by atoms with Crippen molar-refractivity contribution in [1.82, 2.24) is 9.55 Å². The predicted octanol–water partition coefficient (Wildman–Crippen LogP) is 9.05. The van der Waals surface area contributed by atoms with Crippen molar-refractivity contribution < 1.29 is 29.1 Å². The van der Waals surface area contributed by atoms with E-state index in [2.05, 4.69) is 92.1 Å². The third-order valence-corrected chi connectivity index (χ3v) is 7.39. The number of nitrogens with zero attached hydrogens (tertiary/aromatic N) is 3. The van der Waals surface area contributed by atoms with Crippen molar-refractivity contribution in [3.8, 4) is 22.8 Å². The molecule has 0 saturated carbocycles. The molecular weight excluding hydrogens is 707 g/mol. The topological polar surface area (TPSA) is 34.8 Å². The molecule has 0 aliphatic rings. The van der Waals surface area contributed by atoms with Crippen LogP contribution in [0, 0.1) is 18.3 Å². The second-order valence-electron chi connectivity index (χ2n) is 10.9. The van der Waals surface area contributed by atoms with Crippen molar-refractivity contribution in [3.05, 3.63) is 145 Å². The zero-order valence-electron chi connectivity index (χ0n) is 24.7. The van der Waals surface area contributed by atoms with Gasteiger partial charge in [0.25, 0.3) is 0 Å². The summed E-state index contributed by atoms with van der Waals surface area (Å²) in [6, 6.07) is 39.0. The maximum Gasteiger partial charge on any atom is 3.00 e. The molecule has 0 bridgehead atoms. The molecule has 7 rings (SSSR count). The molecular formula is C38H33IrN3O+. The van der Waals surface area contributed by atoms with E-state index >= 15 is 0 Å². The number of hydrogen-bond donors (Lipinski definition) is 0. The Morgan fingerprint density at radius 1 is 0.744 bits per heavy atom. The first-order valence-electron chi connectivity index (χ1n) is 14.4. The van der Waals surface area contributed by atoms with Crippen LogP contribution in [0.3, 0.4) is 0 Å². The molecule has 43 heavy (non-hydrogen) atoms. The number of furan rings is 1. The average molecular weight is 740 g/mol. The molecule has 214 valence electrons. The average Bonchev–Trinajstić information content (AvgIpc) is 3.67. The van der Waals surface area contributed by atoms with Gasteiger partial charge in [-0.15, -0.1) is 42.0 Å². The molecule has 0 aliphatic heterocycles. The molecule has 7 aromatic rings. The summed E-state index contributed by atoms with van der Waals surface area (Å²) in [6.45, 7) is 8.98. The van der Waals surface area contributed by atoms with Crippen LogP contribution in [0.2, 0.25) is 0 Å². The number of fused-ring (bicyclic) bond motifs is 3. The first-order valence-corrected chi connectivity index (χ1v) is 14.4. The number of aromatic nitrogens is 3. The van der Waals surface area contributed by atoms with Gasteiger partial charge in [0, 0.05) is 29.1 Å². The Morgan fingerprint density at radius 3 is 2.19 bits per heavy atom. The van der Waals surface area contributed by atoms with Gasteiger partial charge in [0.15, 0.2) is 6.20 Å². The summed E-state index contributed by atoms with van der Waals surface area (Å²) in [6.07, 6.45) is 9.02. The molecule has 0 unspecified atom stereocenters. The van der Waals surface area contributed by atoms with Crippen molar-refractivity contribution in [3.63, 3.8) is 0 Å². The number of rotatable bonds is 5. The molecule has 0 atom stereocenters. The number of benzene rings is 4. The van der Waals surface area contributed by atoms with Gasteiger partial charge in [0.05, 0.1) is 17.7 Å². The van der Waals surface area contributed by atoms with E-state index in [-0.39, 0.29) is 20.1 Å². The Hall–Kier alpha value is -4.31. The molecule has 3 heterocycles. The Morgan fingerprint density at radius 2 is 1.49 bits per heavy atom. The quantitative estimate of drug-likeness (QED) is 0.131. The van der Waals surface area contributed by atoms with Crippen LogP contribution in [0.25, 0.3) is 44.7 Å². The largest absolute Gasteiger partial charge is 3.00 e. The van der Waals surface area contributed by atoms with Crippen molar-refractivity contribution in [1.29, 1.82) is 0 Å². The Bertz CT molecular complexity index is 1910. The van der Waals surface area contributed by atoms with Crippen LogP contribution in [0.5, 0.6) is 0 Å². The minimum atomic E-state index is 0. The summed E-state index contributed by atoms with van der Waals surface area (Å²) in [5.74, 6) is 1.86. The summed E-state index contributed by atoms with van der Waals surface area (Å²) in [4.78, 5) is 4.60. The fourth-order valence-electron chi connectivity index (χ4n) is 5.36. The molecule has 4 nitrogen and oxygen atoms in total. The molecule has 0 saturated heterocycles. The minimum absolute atomic E-state index is 0. The molecule has 0 spiro atoms. The second-order valence-corrected chi connectivity index (χ2v) is 10.9. The van der Waals surface area contributed by atoms with Crippen molar-refractivity contribution in [2.24, 2.45) is 0 Å². The van der Waals surface area contributed by atoms with Crippen LogP contribution in [-0.2, 0) is 20.1 Å². The van der Waals surface area contributed by atoms with E-state index in [1.807, 2.05) is 83.7 Å². The Labute approximate surface area is 267 Å². The van der Waals surface area contributed by atoms with Crippen molar-refractivity contribution >= 4 is 21.9 Å². The summed E-state index contributed by atoms with van der Waals surface area (Å²) in [7, 11) is 0. The van der Waals surface area contributed by atoms with Crippen LogP contribution >= 0.6 is 0 Å². The van der Waals surface area contributed by atoms with E-state index in [0.29, 0.717) is 11.8 Å². The number of hydrogen-bond acceptors (Lipinski definition) is 2. The van der Waals surface area contributed by atoms with Gasteiger partial charge in [-0.05, 0) is 29.0 Å². The van der Waals surface area contributed by atoms with E-state index in [1.165, 1.54) is 16.8 Å². The molecule has 0 radical (unpaired) electrons. The van der Waals surface area contributed by atoms with Gasteiger partial charge in [-0.2, -0.15) is 18.2 Å². The van der Waals surface area contributed by atoms with Gasteiger partial charge in [-0.3, -0.25) is 4.98 Å². The predicted molar refractivity (Wildman–Crippen MR) is 169 cm³/mol. The fourth-order valence-corrected chi connectivity index (χ4v) is 5.36. The van der Waals surface area contributed by atoms with Gasteiger partial charge < -0.3 is 13.6 Å². The van der Waals surface area contributed by atoms with Gasteiger partial charge in [-0.25, -0.2) is 0 Å². The molecule has 4 aromatic carbocycles. The smallest absolute Gasteiger partial charge is 0.519 e. The number of imidazole rings is 1. The minimum Gasteiger partial charge on any atom is -0.519 e. The summed E-state index contributed by atoms with van der Waals surface area (Å²) in [5.41, 5.74) is 7.62. The Balaban J connectivity index is 0.000000170. The van der Waals surface area contributed by atoms with Crippen molar-refractivity contribution in [2.75, 3.05) is 0 Å². The van der Waals surface area contributed by atoms with Gasteiger partial charge >= 0.3 is 20.1 Å². The van der Waals surface area contributed by atoms with Crippen LogP contribution < -0.4 is 4.57 Å². The first kappa shape index (κ1) is 30.2. The van der Waals surface area contributed by atoms with Crippen LogP contribution in [-0.4, -0.2) is 9.55 Å². The zero-order valence-corrected chi connectivity index (χ0v) is 27.1. The number of pyridine rings is 1. The van der Waals surface area contributed by atoms with E-state index in [9.17, 15) is 0 Å². The molecule has 0 N–H and O–H groups in total. The molecule has 0 aliphatic carbocycles. The summed E-state index contributed by atoms with van der Waals surface area (Å²) in [5, 5.41) is 2.23. The van der Waals surface area contributed by atoms with Gasteiger partial charge in [-0.1, -0.05) is 81.6 Å². The zero-order chi connectivity index (χ0) is 29.1. The van der Waals surface area contributed by atoms with Crippen LogP contribution in [0.15, 0.2) is 120 Å². The van der Waals surface area contributed by atoms with E-state index in [4.69, 9.17) is 4.42 Å². The summed E-state index contributed by atoms with van der Waals surface area (Å²) < 4.78 is 10.1. The standard InChI is InChI=1S/C21H23N2.C17H10NO.Ir/c1-15(2)18-11-8-12-19(16(3)4)20(18)23-14-13-22-21(23)17-9-6-5-7-10-17;1-4-11-18(12-5-1)15-9-6-8-14-13-7-2-3-10-16(13)19-17(14)15;/h5-9,11-16H,1-4H3;1-8,10-11H;/q2*-1;+3. The third-order valence-electron chi connectivity index (χ3n) is 7.39. The van der Waals surface area contributed by atoms with Crippen LogP contribution in [0.4, 0.5) is 0 Å². The molecule has 0 fully saturated rings. The van der Waals surface area contributed by atoms with E-state index in [0.717, 1.165) is 39.0 Å². The summed E-state index contributed by atoms with van der Waals surface area (Å²) >= 11 is 0. The van der Waals surface area contributed by atoms with E-state index < -0.39 is 0 Å². The third kappa shape index (κ3) is 6.10. The van der Waals surface area contributed by atoms with Crippen molar-refractivity contribution in [2.45, 2.75) is 39.5 Å².